The first-order valence-corrected chi connectivity index (χ1v) is 12.1. The molecule has 1 aliphatic rings. The van der Waals surface area contributed by atoms with Crippen molar-refractivity contribution in [1.82, 2.24) is 5.32 Å². The molecule has 6 heteroatoms. The summed E-state index contributed by atoms with van der Waals surface area (Å²) in [6.07, 6.45) is 16.0. The maximum absolute atomic E-state index is 12.7. The van der Waals surface area contributed by atoms with Crippen molar-refractivity contribution in [3.8, 4) is 0 Å². The molecule has 0 aliphatic carbocycles. The van der Waals surface area contributed by atoms with Crippen LogP contribution in [-0.4, -0.2) is 28.9 Å². The zero-order valence-corrected chi connectivity index (χ0v) is 19.0. The van der Waals surface area contributed by atoms with Crippen molar-refractivity contribution in [2.45, 2.75) is 103 Å². The van der Waals surface area contributed by atoms with E-state index < -0.39 is 12.1 Å². The number of unbranched alkanes of at least 4 members (excludes halogenated alkanes) is 12. The van der Waals surface area contributed by atoms with Gasteiger partial charge >= 0.3 is 6.09 Å². The molecule has 1 aliphatic heterocycles. The highest BCUT2D eigenvalue weighted by atomic mass is 16.4. The summed E-state index contributed by atoms with van der Waals surface area (Å²) in [6.45, 7) is 2.26. The first-order chi connectivity index (χ1) is 15.1. The normalized spacial score (nSPS) is 15.9. The summed E-state index contributed by atoms with van der Waals surface area (Å²) in [5.74, 6) is -0.335. The molecule has 0 bridgehead atoms. The number of hydrogen-bond donors (Lipinski definition) is 2. The molecule has 0 saturated carbocycles. The molecule has 0 fully saturated rings. The van der Waals surface area contributed by atoms with Crippen LogP contribution in [0.4, 0.5) is 10.5 Å². The molecule has 1 aromatic rings. The van der Waals surface area contributed by atoms with Crippen molar-refractivity contribution >= 4 is 23.4 Å². The van der Waals surface area contributed by atoms with Gasteiger partial charge in [0.05, 0.1) is 11.4 Å². The second-order valence-electron chi connectivity index (χ2n) is 8.45. The summed E-state index contributed by atoms with van der Waals surface area (Å²) in [7, 11) is 0. The van der Waals surface area contributed by atoms with Gasteiger partial charge in [0.15, 0.2) is 6.04 Å². The lowest BCUT2D eigenvalue weighted by molar-refractivity contribution is -0.118. The summed E-state index contributed by atoms with van der Waals surface area (Å²) in [5, 5.41) is 17.2. The molecule has 172 valence electrons. The number of benzene rings is 1. The number of para-hydroxylation sites is 1. The molecular weight excluding hydrogens is 390 g/mol. The van der Waals surface area contributed by atoms with Crippen molar-refractivity contribution in [1.29, 1.82) is 0 Å². The fourth-order valence-corrected chi connectivity index (χ4v) is 4.04. The number of carbonyl (C=O) groups excluding carboxylic acids is 1. The van der Waals surface area contributed by atoms with Gasteiger partial charge < -0.3 is 10.4 Å². The number of carboxylic acid groups (broad SMARTS) is 1. The van der Waals surface area contributed by atoms with Crippen LogP contribution >= 0.6 is 0 Å². The Morgan fingerprint density at radius 2 is 1.42 bits per heavy atom. The molecule has 1 atom stereocenters. The largest absolute Gasteiger partial charge is 0.465 e. The quantitative estimate of drug-likeness (QED) is 0.294. The topological polar surface area (TPSA) is 82.0 Å². The molecule has 2 rings (SSSR count). The third-order valence-electron chi connectivity index (χ3n) is 5.82. The van der Waals surface area contributed by atoms with Crippen molar-refractivity contribution in [3.05, 3.63) is 30.3 Å². The highest BCUT2D eigenvalue weighted by Crippen LogP contribution is 2.22. The Kier molecular flexibility index (Phi) is 11.7. The van der Waals surface area contributed by atoms with Crippen LogP contribution in [-0.2, 0) is 4.79 Å². The minimum atomic E-state index is -1.20. The molecule has 0 unspecified atom stereocenters. The van der Waals surface area contributed by atoms with Crippen LogP contribution in [0, 0.1) is 0 Å². The third-order valence-corrected chi connectivity index (χ3v) is 5.82. The number of rotatable bonds is 16. The SMILES string of the molecule is CCCCCCCCCCCCCCCC1=NN(c2ccccc2)C(=O)[C@H]1NC(=O)O. The zero-order valence-electron chi connectivity index (χ0n) is 19.0. The van der Waals surface area contributed by atoms with Crippen molar-refractivity contribution < 1.29 is 14.7 Å². The number of hydrogen-bond acceptors (Lipinski definition) is 3. The number of amides is 2. The molecule has 1 aromatic carbocycles. The van der Waals surface area contributed by atoms with Crippen LogP contribution < -0.4 is 10.3 Å². The molecule has 0 saturated heterocycles. The molecule has 6 nitrogen and oxygen atoms in total. The van der Waals surface area contributed by atoms with Crippen LogP contribution in [0.1, 0.15) is 96.8 Å². The lowest BCUT2D eigenvalue weighted by Gasteiger charge is -2.14. The van der Waals surface area contributed by atoms with Gasteiger partial charge in [-0.3, -0.25) is 4.79 Å². The Bertz CT molecular complexity index is 691. The fourth-order valence-electron chi connectivity index (χ4n) is 4.04. The monoisotopic (exact) mass is 429 g/mol. The highest BCUT2D eigenvalue weighted by molar-refractivity contribution is 6.19. The Labute approximate surface area is 187 Å². The second kappa shape index (κ2) is 14.6. The second-order valence-corrected chi connectivity index (χ2v) is 8.45. The van der Waals surface area contributed by atoms with Crippen molar-refractivity contribution in [3.63, 3.8) is 0 Å². The van der Waals surface area contributed by atoms with Gasteiger partial charge in [0, 0.05) is 0 Å². The Balaban J connectivity index is 1.64. The first kappa shape index (κ1) is 24.9. The number of anilines is 1. The summed E-state index contributed by atoms with van der Waals surface area (Å²) < 4.78 is 0. The molecule has 2 amide bonds. The molecular formula is C25H39N3O3. The van der Waals surface area contributed by atoms with Crippen LogP contribution in [0.2, 0.25) is 0 Å². The lowest BCUT2D eigenvalue weighted by atomic mass is 10.0. The van der Waals surface area contributed by atoms with E-state index in [0.717, 1.165) is 12.8 Å². The summed E-state index contributed by atoms with van der Waals surface area (Å²) in [5.41, 5.74) is 1.27. The van der Waals surface area contributed by atoms with E-state index in [1.807, 2.05) is 18.2 Å². The molecule has 0 spiro atoms. The van der Waals surface area contributed by atoms with Gasteiger partial charge in [-0.25, -0.2) is 4.79 Å². The van der Waals surface area contributed by atoms with Crippen LogP contribution in [0.15, 0.2) is 35.4 Å². The van der Waals surface area contributed by atoms with E-state index in [0.29, 0.717) is 17.8 Å². The molecule has 0 radical (unpaired) electrons. The van der Waals surface area contributed by atoms with Gasteiger partial charge in [0.2, 0.25) is 0 Å². The molecule has 31 heavy (non-hydrogen) atoms. The van der Waals surface area contributed by atoms with E-state index >= 15 is 0 Å². The summed E-state index contributed by atoms with van der Waals surface area (Å²) in [6, 6.07) is 8.26. The van der Waals surface area contributed by atoms with E-state index in [4.69, 9.17) is 5.11 Å². The highest BCUT2D eigenvalue weighted by Gasteiger charge is 2.37. The van der Waals surface area contributed by atoms with E-state index in [1.165, 1.54) is 75.6 Å². The van der Waals surface area contributed by atoms with E-state index in [2.05, 4.69) is 17.3 Å². The van der Waals surface area contributed by atoms with E-state index in [1.54, 1.807) is 12.1 Å². The average molecular weight is 430 g/mol. The standard InChI is InChI=1S/C25H39N3O3/c1-2-3-4-5-6-7-8-9-10-11-12-13-17-20-22-23(26-25(30)31)24(29)28(27-22)21-18-15-14-16-19-21/h14-16,18-19,23,26H,2-13,17,20H2,1H3,(H,30,31)/t23-/m0/s1. The Morgan fingerprint density at radius 3 is 1.94 bits per heavy atom. The van der Waals surface area contributed by atoms with Gasteiger partial charge in [-0.2, -0.15) is 10.1 Å². The maximum atomic E-state index is 12.7. The number of nitrogens with zero attached hydrogens (tertiary/aromatic N) is 2. The van der Waals surface area contributed by atoms with Gasteiger partial charge in [0.25, 0.3) is 5.91 Å². The van der Waals surface area contributed by atoms with Gasteiger partial charge in [-0.15, -0.1) is 0 Å². The molecule has 2 N–H and O–H groups in total. The number of carbonyl (C=O) groups is 2. The zero-order chi connectivity index (χ0) is 22.3. The van der Waals surface area contributed by atoms with Gasteiger partial charge in [0.1, 0.15) is 0 Å². The predicted octanol–water partition coefficient (Wildman–Crippen LogP) is 6.51. The molecule has 0 aromatic heterocycles. The van der Waals surface area contributed by atoms with Crippen LogP contribution in [0.3, 0.4) is 0 Å². The lowest BCUT2D eigenvalue weighted by Crippen LogP contribution is -2.45. The fraction of sp³-hybridized carbons (Fsp3) is 0.640. The van der Waals surface area contributed by atoms with E-state index in [9.17, 15) is 9.59 Å². The van der Waals surface area contributed by atoms with Crippen molar-refractivity contribution in [2.24, 2.45) is 5.10 Å². The summed E-state index contributed by atoms with van der Waals surface area (Å²) in [4.78, 5) is 23.8. The van der Waals surface area contributed by atoms with Gasteiger partial charge in [-0.05, 0) is 25.0 Å². The third kappa shape index (κ3) is 9.11. The number of hydrazone groups is 1. The average Bonchev–Trinajstić information content (AvgIpc) is 3.07. The predicted molar refractivity (Wildman–Crippen MR) is 127 cm³/mol. The van der Waals surface area contributed by atoms with Crippen LogP contribution in [0.5, 0.6) is 0 Å². The Hall–Kier alpha value is -2.37. The van der Waals surface area contributed by atoms with E-state index in [-0.39, 0.29) is 5.91 Å². The first-order valence-electron chi connectivity index (χ1n) is 12.1. The number of nitrogens with one attached hydrogen (secondary N) is 1. The minimum Gasteiger partial charge on any atom is -0.465 e. The van der Waals surface area contributed by atoms with Crippen molar-refractivity contribution in [2.75, 3.05) is 5.01 Å². The smallest absolute Gasteiger partial charge is 0.405 e. The maximum Gasteiger partial charge on any atom is 0.405 e. The molecule has 1 heterocycles. The van der Waals surface area contributed by atoms with Gasteiger partial charge in [-0.1, -0.05) is 102 Å². The van der Waals surface area contributed by atoms with Crippen LogP contribution in [0.25, 0.3) is 0 Å². The summed E-state index contributed by atoms with van der Waals surface area (Å²) >= 11 is 0. The Morgan fingerprint density at radius 1 is 0.903 bits per heavy atom. The minimum absolute atomic E-state index is 0.335.